The molecule has 0 bridgehead atoms. The zero-order valence-electron chi connectivity index (χ0n) is 18.2. The fraction of sp³-hybridized carbons (Fsp3) is 0.348. The Morgan fingerprint density at radius 3 is 2.09 bits per heavy atom. The molecular weight excluding hydrogens is 414 g/mol. The highest BCUT2D eigenvalue weighted by atomic mass is 16.5. The van der Waals surface area contributed by atoms with Crippen LogP contribution in [0.15, 0.2) is 48.5 Å². The molecule has 0 aliphatic heterocycles. The number of carbonyl (C=O) groups excluding carboxylic acids is 3. The molecule has 0 saturated carbocycles. The zero-order valence-corrected chi connectivity index (χ0v) is 18.2. The minimum Gasteiger partial charge on any atom is -0.491 e. The van der Waals surface area contributed by atoms with Crippen molar-refractivity contribution in [2.45, 2.75) is 6.04 Å². The van der Waals surface area contributed by atoms with E-state index in [1.165, 1.54) is 0 Å². The monoisotopic (exact) mass is 443 g/mol. The van der Waals surface area contributed by atoms with Crippen LogP contribution in [0, 0.1) is 0 Å². The maximum absolute atomic E-state index is 12.6. The van der Waals surface area contributed by atoms with Gasteiger partial charge in [0.2, 0.25) is 0 Å². The summed E-state index contributed by atoms with van der Waals surface area (Å²) in [6.07, 6.45) is 0. The Labute approximate surface area is 187 Å². The lowest BCUT2D eigenvalue weighted by molar-refractivity contribution is -0.132. The number of ether oxygens (including phenoxy) is 1. The van der Waals surface area contributed by atoms with Gasteiger partial charge in [0, 0.05) is 18.7 Å². The SMILES string of the molecule is CN(C)CCNC(=O)C(NC(=O)c1ccc(-c2ccc(OCCO)cc2)cc1)C(=O)CO. The number of aliphatic hydroxyl groups excluding tert-OH is 2. The van der Waals surface area contributed by atoms with Crippen LogP contribution in [0.25, 0.3) is 11.1 Å². The Morgan fingerprint density at radius 2 is 1.56 bits per heavy atom. The van der Waals surface area contributed by atoms with Crippen molar-refractivity contribution in [2.75, 3.05) is 47.0 Å². The number of rotatable bonds is 12. The third-order valence-corrected chi connectivity index (χ3v) is 4.57. The van der Waals surface area contributed by atoms with E-state index in [1.807, 2.05) is 31.1 Å². The number of carbonyl (C=O) groups is 3. The van der Waals surface area contributed by atoms with Crippen molar-refractivity contribution < 1.29 is 29.3 Å². The molecule has 0 fully saturated rings. The van der Waals surface area contributed by atoms with Crippen molar-refractivity contribution in [1.29, 1.82) is 0 Å². The first-order chi connectivity index (χ1) is 15.3. The third-order valence-electron chi connectivity index (χ3n) is 4.57. The molecule has 2 aromatic rings. The summed E-state index contributed by atoms with van der Waals surface area (Å²) in [6.45, 7) is 0.165. The molecule has 0 aliphatic carbocycles. The van der Waals surface area contributed by atoms with Gasteiger partial charge < -0.3 is 30.5 Å². The molecule has 2 aromatic carbocycles. The van der Waals surface area contributed by atoms with Crippen molar-refractivity contribution in [3.8, 4) is 16.9 Å². The van der Waals surface area contributed by atoms with Gasteiger partial charge in [-0.15, -0.1) is 0 Å². The molecule has 9 nitrogen and oxygen atoms in total. The topological polar surface area (TPSA) is 128 Å². The van der Waals surface area contributed by atoms with Crippen LogP contribution < -0.4 is 15.4 Å². The van der Waals surface area contributed by atoms with Crippen molar-refractivity contribution in [3.05, 3.63) is 54.1 Å². The average molecular weight is 444 g/mol. The van der Waals surface area contributed by atoms with Gasteiger partial charge in [-0.25, -0.2) is 0 Å². The van der Waals surface area contributed by atoms with Crippen LogP contribution in [-0.4, -0.2) is 85.8 Å². The molecule has 0 aliphatic rings. The number of likely N-dealkylation sites (N-methyl/N-ethyl adjacent to an activating group) is 1. The molecule has 1 unspecified atom stereocenters. The second-order valence-electron chi connectivity index (χ2n) is 7.30. The lowest BCUT2D eigenvalue weighted by Gasteiger charge is -2.18. The maximum Gasteiger partial charge on any atom is 0.252 e. The van der Waals surface area contributed by atoms with E-state index in [-0.39, 0.29) is 18.8 Å². The van der Waals surface area contributed by atoms with Gasteiger partial charge >= 0.3 is 0 Å². The van der Waals surface area contributed by atoms with Gasteiger partial charge in [-0.3, -0.25) is 14.4 Å². The van der Waals surface area contributed by atoms with Crippen molar-refractivity contribution in [3.63, 3.8) is 0 Å². The van der Waals surface area contributed by atoms with E-state index in [0.29, 0.717) is 18.8 Å². The standard InChI is InChI=1S/C23H29N3O6/c1-26(2)12-11-24-23(31)21(20(29)15-28)25-22(30)18-5-3-16(4-6-18)17-7-9-19(10-8-17)32-14-13-27/h3-10,21,27-28H,11-15H2,1-2H3,(H,24,31)(H,25,30). The number of hydrogen-bond donors (Lipinski definition) is 4. The first-order valence-corrected chi connectivity index (χ1v) is 10.2. The number of nitrogens with one attached hydrogen (secondary N) is 2. The van der Waals surface area contributed by atoms with Gasteiger partial charge in [0.05, 0.1) is 6.61 Å². The Morgan fingerprint density at radius 1 is 0.969 bits per heavy atom. The second-order valence-corrected chi connectivity index (χ2v) is 7.30. The first kappa shape index (κ1) is 25.0. The minimum atomic E-state index is -1.47. The van der Waals surface area contributed by atoms with Gasteiger partial charge in [0.1, 0.15) is 19.0 Å². The molecule has 0 spiro atoms. The highest BCUT2D eigenvalue weighted by Gasteiger charge is 2.27. The number of Topliss-reactive ketones (excluding diaryl/α,β-unsaturated/α-hetero) is 1. The molecule has 0 heterocycles. The van der Waals surface area contributed by atoms with E-state index in [2.05, 4.69) is 10.6 Å². The van der Waals surface area contributed by atoms with E-state index in [4.69, 9.17) is 9.84 Å². The zero-order chi connectivity index (χ0) is 23.5. The van der Waals surface area contributed by atoms with Crippen LogP contribution in [0.1, 0.15) is 10.4 Å². The normalized spacial score (nSPS) is 11.7. The number of ketones is 1. The van der Waals surface area contributed by atoms with E-state index < -0.39 is 30.2 Å². The predicted octanol–water partition coefficient (Wildman–Crippen LogP) is 0.0623. The largest absolute Gasteiger partial charge is 0.491 e. The Hall–Kier alpha value is -3.27. The van der Waals surface area contributed by atoms with Crippen LogP contribution in [0.2, 0.25) is 0 Å². The lowest BCUT2D eigenvalue weighted by atomic mass is 10.0. The fourth-order valence-electron chi connectivity index (χ4n) is 2.82. The van der Waals surface area contributed by atoms with Crippen molar-refractivity contribution in [2.24, 2.45) is 0 Å². The van der Waals surface area contributed by atoms with Gasteiger partial charge in [-0.1, -0.05) is 24.3 Å². The van der Waals surface area contributed by atoms with Gasteiger partial charge in [0.15, 0.2) is 11.8 Å². The predicted molar refractivity (Wildman–Crippen MR) is 119 cm³/mol. The Balaban J connectivity index is 2.04. The van der Waals surface area contributed by atoms with Crippen LogP contribution in [-0.2, 0) is 9.59 Å². The highest BCUT2D eigenvalue weighted by Crippen LogP contribution is 2.23. The average Bonchev–Trinajstić information content (AvgIpc) is 2.80. The van der Waals surface area contributed by atoms with Crippen molar-refractivity contribution in [1.82, 2.24) is 15.5 Å². The van der Waals surface area contributed by atoms with E-state index >= 15 is 0 Å². The quantitative estimate of drug-likeness (QED) is 0.342. The smallest absolute Gasteiger partial charge is 0.252 e. The van der Waals surface area contributed by atoms with Gasteiger partial charge in [-0.2, -0.15) is 0 Å². The molecule has 172 valence electrons. The number of aliphatic hydroxyl groups is 2. The maximum atomic E-state index is 12.6. The second kappa shape index (κ2) is 12.6. The van der Waals surface area contributed by atoms with Crippen LogP contribution in [0.3, 0.4) is 0 Å². The third kappa shape index (κ3) is 7.45. The summed E-state index contributed by atoms with van der Waals surface area (Å²) in [4.78, 5) is 38.8. The highest BCUT2D eigenvalue weighted by molar-refractivity contribution is 6.10. The van der Waals surface area contributed by atoms with E-state index in [9.17, 15) is 19.5 Å². The summed E-state index contributed by atoms with van der Waals surface area (Å²) in [5, 5.41) is 23.0. The molecule has 0 saturated heterocycles. The minimum absolute atomic E-state index is 0.0617. The summed E-state index contributed by atoms with van der Waals surface area (Å²) in [7, 11) is 3.68. The Bertz CT molecular complexity index is 897. The summed E-state index contributed by atoms with van der Waals surface area (Å²) in [5.41, 5.74) is 2.04. The molecule has 2 amide bonds. The Kier molecular flexibility index (Phi) is 9.80. The molecule has 4 N–H and O–H groups in total. The fourth-order valence-corrected chi connectivity index (χ4v) is 2.82. The molecule has 1 atom stereocenters. The first-order valence-electron chi connectivity index (χ1n) is 10.2. The van der Waals surface area contributed by atoms with E-state index in [1.54, 1.807) is 36.4 Å². The van der Waals surface area contributed by atoms with Crippen LogP contribution in [0.5, 0.6) is 5.75 Å². The molecule has 0 radical (unpaired) electrons. The van der Waals surface area contributed by atoms with Crippen LogP contribution >= 0.6 is 0 Å². The summed E-state index contributed by atoms with van der Waals surface area (Å²) < 4.78 is 5.33. The van der Waals surface area contributed by atoms with E-state index in [0.717, 1.165) is 11.1 Å². The summed E-state index contributed by atoms with van der Waals surface area (Å²) >= 11 is 0. The summed E-state index contributed by atoms with van der Waals surface area (Å²) in [5.74, 6) is -1.42. The number of hydrogen-bond acceptors (Lipinski definition) is 7. The number of nitrogens with zero attached hydrogens (tertiary/aromatic N) is 1. The van der Waals surface area contributed by atoms with Gasteiger partial charge in [0.25, 0.3) is 11.8 Å². The molecule has 9 heteroatoms. The lowest BCUT2D eigenvalue weighted by Crippen LogP contribution is -2.53. The number of benzene rings is 2. The number of amides is 2. The van der Waals surface area contributed by atoms with Crippen LogP contribution in [0.4, 0.5) is 0 Å². The molecular formula is C23H29N3O6. The van der Waals surface area contributed by atoms with Crippen molar-refractivity contribution >= 4 is 17.6 Å². The molecule has 2 rings (SSSR count). The van der Waals surface area contributed by atoms with Gasteiger partial charge in [-0.05, 0) is 49.5 Å². The molecule has 32 heavy (non-hydrogen) atoms. The molecule has 0 aromatic heterocycles. The summed E-state index contributed by atoms with van der Waals surface area (Å²) in [6, 6.07) is 12.5.